The molecule has 11 heavy (non-hydrogen) atoms. The second-order valence-corrected chi connectivity index (χ2v) is 2.48. The summed E-state index contributed by atoms with van der Waals surface area (Å²) in [4.78, 5) is 10.2. The van der Waals surface area contributed by atoms with Crippen molar-refractivity contribution in [2.75, 3.05) is 0 Å². The largest absolute Gasteiger partial charge is 0.477 e. The van der Waals surface area contributed by atoms with Crippen LogP contribution in [0.4, 0.5) is 0 Å². The number of carboxylic acid groups (broad SMARTS) is 1. The lowest BCUT2D eigenvalue weighted by Crippen LogP contribution is -2.01. The Kier molecular flexibility index (Phi) is 4.32. The number of nitrogens with zero attached hydrogens (tertiary/aromatic N) is 1. The van der Waals surface area contributed by atoms with Crippen LogP contribution in [0.5, 0.6) is 0 Å². The minimum Gasteiger partial charge on any atom is -0.477 e. The van der Waals surface area contributed by atoms with E-state index in [4.69, 9.17) is 22.0 Å². The van der Waals surface area contributed by atoms with Crippen LogP contribution in [-0.4, -0.2) is 16.5 Å². The van der Waals surface area contributed by atoms with Gasteiger partial charge in [0.25, 0.3) is 0 Å². The smallest absolute Gasteiger partial charge is 0.346 e. The highest BCUT2D eigenvalue weighted by Crippen LogP contribution is 2.06. The molecule has 0 amide bonds. The van der Waals surface area contributed by atoms with Crippen LogP contribution in [-0.2, 0) is 4.79 Å². The van der Waals surface area contributed by atoms with Crippen LogP contribution < -0.4 is 0 Å². The molecule has 1 N–H and O–H groups in total. The van der Waals surface area contributed by atoms with Crippen LogP contribution in [0.1, 0.15) is 13.3 Å². The van der Waals surface area contributed by atoms with Gasteiger partial charge in [0.05, 0.1) is 5.38 Å². The van der Waals surface area contributed by atoms with Crippen LogP contribution >= 0.6 is 11.6 Å². The van der Waals surface area contributed by atoms with Crippen molar-refractivity contribution in [2.45, 2.75) is 18.7 Å². The van der Waals surface area contributed by atoms with E-state index in [1.807, 2.05) is 6.92 Å². The van der Waals surface area contributed by atoms with Gasteiger partial charge in [0.1, 0.15) is 11.6 Å². The Morgan fingerprint density at radius 3 is 2.73 bits per heavy atom. The molecule has 0 aliphatic rings. The Morgan fingerprint density at radius 1 is 1.91 bits per heavy atom. The van der Waals surface area contributed by atoms with Crippen molar-refractivity contribution in [1.82, 2.24) is 0 Å². The van der Waals surface area contributed by atoms with Gasteiger partial charge in [0.15, 0.2) is 0 Å². The molecule has 0 spiro atoms. The molecule has 60 valence electrons. The van der Waals surface area contributed by atoms with Gasteiger partial charge in [0, 0.05) is 0 Å². The molecule has 0 aromatic carbocycles. The summed E-state index contributed by atoms with van der Waals surface area (Å²) in [5.74, 6) is -1.23. The lowest BCUT2D eigenvalue weighted by Gasteiger charge is -1.96. The van der Waals surface area contributed by atoms with E-state index in [9.17, 15) is 4.79 Å². The number of nitriles is 1. The molecule has 3 nitrogen and oxygen atoms in total. The molecule has 0 fully saturated rings. The first kappa shape index (κ1) is 9.99. The van der Waals surface area contributed by atoms with Gasteiger partial charge < -0.3 is 5.11 Å². The zero-order valence-electron chi connectivity index (χ0n) is 6.04. The first-order valence-electron chi connectivity index (χ1n) is 3.11. The molecule has 1 atom stereocenters. The summed E-state index contributed by atoms with van der Waals surface area (Å²) in [7, 11) is 0. The summed E-state index contributed by atoms with van der Waals surface area (Å²) in [6, 6.07) is 1.54. The van der Waals surface area contributed by atoms with E-state index in [1.54, 1.807) is 6.07 Å². The molecule has 1 unspecified atom stereocenters. The lowest BCUT2D eigenvalue weighted by molar-refractivity contribution is -0.132. The summed E-state index contributed by atoms with van der Waals surface area (Å²) in [5.41, 5.74) is -0.299. The second-order valence-electron chi connectivity index (χ2n) is 1.92. The Bertz CT molecular complexity index is 217. The van der Waals surface area contributed by atoms with E-state index >= 15 is 0 Å². The molecule has 0 rings (SSSR count). The Hall–Kier alpha value is -1.01. The van der Waals surface area contributed by atoms with Gasteiger partial charge in [-0.25, -0.2) is 4.79 Å². The lowest BCUT2D eigenvalue weighted by atomic mass is 10.2. The Balaban J connectivity index is 4.39. The summed E-state index contributed by atoms with van der Waals surface area (Å²) in [6.07, 6.45) is 1.85. The maximum atomic E-state index is 10.2. The second kappa shape index (κ2) is 4.75. The summed E-state index contributed by atoms with van der Waals surface area (Å²) >= 11 is 5.59. The summed E-state index contributed by atoms with van der Waals surface area (Å²) in [5, 5.41) is 16.3. The van der Waals surface area contributed by atoms with Crippen molar-refractivity contribution < 1.29 is 9.90 Å². The molecular weight excluding hydrogens is 166 g/mol. The third-order valence-electron chi connectivity index (χ3n) is 1.09. The third kappa shape index (κ3) is 3.64. The van der Waals surface area contributed by atoms with Gasteiger partial charge in [-0.3, -0.25) is 0 Å². The third-order valence-corrected chi connectivity index (χ3v) is 1.52. The predicted octanol–water partition coefficient (Wildman–Crippen LogP) is 1.54. The Labute approximate surface area is 69.9 Å². The van der Waals surface area contributed by atoms with Gasteiger partial charge in [-0.2, -0.15) is 5.26 Å². The summed E-state index contributed by atoms with van der Waals surface area (Å²) < 4.78 is 0. The van der Waals surface area contributed by atoms with Crippen molar-refractivity contribution >= 4 is 17.6 Å². The highest BCUT2D eigenvalue weighted by Gasteiger charge is 2.07. The van der Waals surface area contributed by atoms with Crippen LogP contribution in [0, 0.1) is 11.3 Å². The molecule has 4 heteroatoms. The first-order valence-corrected chi connectivity index (χ1v) is 3.54. The number of rotatable bonds is 3. The van der Waals surface area contributed by atoms with Crippen LogP contribution in [0.3, 0.4) is 0 Å². The average molecular weight is 174 g/mol. The molecule has 0 aliphatic carbocycles. The summed E-state index contributed by atoms with van der Waals surface area (Å²) in [6.45, 7) is 1.81. The molecule has 0 saturated carbocycles. The van der Waals surface area contributed by atoms with Gasteiger partial charge in [-0.1, -0.05) is 6.92 Å². The van der Waals surface area contributed by atoms with Crippen LogP contribution in [0.25, 0.3) is 0 Å². The number of aliphatic carboxylic acids is 1. The minimum atomic E-state index is -1.23. The van der Waals surface area contributed by atoms with E-state index in [0.717, 1.165) is 0 Å². The van der Waals surface area contributed by atoms with Gasteiger partial charge in [0.2, 0.25) is 0 Å². The minimum absolute atomic E-state index is 0.299. The van der Waals surface area contributed by atoms with E-state index in [-0.39, 0.29) is 11.0 Å². The quantitative estimate of drug-likeness (QED) is 0.400. The number of hydrogen-bond acceptors (Lipinski definition) is 2. The molecule has 0 heterocycles. The number of hydrogen-bond donors (Lipinski definition) is 1. The van der Waals surface area contributed by atoms with Crippen molar-refractivity contribution in [2.24, 2.45) is 0 Å². The van der Waals surface area contributed by atoms with Gasteiger partial charge >= 0.3 is 5.97 Å². The van der Waals surface area contributed by atoms with E-state index in [1.165, 1.54) is 6.08 Å². The van der Waals surface area contributed by atoms with E-state index in [2.05, 4.69) is 0 Å². The zero-order chi connectivity index (χ0) is 8.85. The predicted molar refractivity (Wildman–Crippen MR) is 41.3 cm³/mol. The highest BCUT2D eigenvalue weighted by molar-refractivity contribution is 6.22. The fourth-order valence-corrected chi connectivity index (χ4v) is 0.581. The maximum absolute atomic E-state index is 10.2. The van der Waals surface area contributed by atoms with Gasteiger partial charge in [-0.05, 0) is 12.5 Å². The fourth-order valence-electron chi connectivity index (χ4n) is 0.455. The number of allylic oxidation sites excluding steroid dienone is 1. The molecule has 0 aromatic rings. The average Bonchev–Trinajstić information content (AvgIpc) is 1.99. The van der Waals surface area contributed by atoms with Crippen LogP contribution in [0.15, 0.2) is 11.6 Å². The zero-order valence-corrected chi connectivity index (χ0v) is 6.80. The molecule has 0 aromatic heterocycles. The number of alkyl halides is 1. The normalized spacial score (nSPS) is 13.7. The van der Waals surface area contributed by atoms with Crippen molar-refractivity contribution in [1.29, 1.82) is 5.26 Å². The monoisotopic (exact) mass is 173 g/mol. The van der Waals surface area contributed by atoms with Crippen molar-refractivity contribution in [3.8, 4) is 6.07 Å². The fraction of sp³-hybridized carbons (Fsp3) is 0.429. The van der Waals surface area contributed by atoms with Crippen molar-refractivity contribution in [3.05, 3.63) is 11.6 Å². The number of halogens is 1. The molecular formula is C7H8ClNO2. The molecule has 0 radical (unpaired) electrons. The SMILES string of the molecule is CCC(Cl)/C=C(\C#N)C(=O)O. The van der Waals surface area contributed by atoms with Crippen LogP contribution in [0.2, 0.25) is 0 Å². The standard InChI is InChI=1S/C7H8ClNO2/c1-2-6(8)3-5(4-9)7(10)11/h3,6H,2H2,1H3,(H,10,11)/b5-3+. The molecule has 0 bridgehead atoms. The number of carbonyl (C=O) groups is 1. The molecule has 0 saturated heterocycles. The van der Waals surface area contributed by atoms with E-state index < -0.39 is 5.97 Å². The Morgan fingerprint density at radius 2 is 2.45 bits per heavy atom. The van der Waals surface area contributed by atoms with E-state index in [0.29, 0.717) is 6.42 Å². The topological polar surface area (TPSA) is 61.1 Å². The first-order chi connectivity index (χ1) is 5.11. The highest BCUT2D eigenvalue weighted by atomic mass is 35.5. The van der Waals surface area contributed by atoms with Gasteiger partial charge in [-0.15, -0.1) is 11.6 Å². The van der Waals surface area contributed by atoms with Crippen molar-refractivity contribution in [3.63, 3.8) is 0 Å². The molecule has 0 aliphatic heterocycles. The number of carboxylic acids is 1. The maximum Gasteiger partial charge on any atom is 0.346 e.